The molecule has 1 saturated carbocycles. The van der Waals surface area contributed by atoms with Crippen molar-refractivity contribution in [3.8, 4) is 11.5 Å². The topological polar surface area (TPSA) is 30.5 Å². The van der Waals surface area contributed by atoms with E-state index in [1.54, 1.807) is 14.2 Å². The van der Waals surface area contributed by atoms with E-state index in [-0.39, 0.29) is 0 Å². The number of rotatable bonds is 9. The average Bonchev–Trinajstić information content (AvgIpc) is 3.29. The molecule has 1 atom stereocenters. The molecule has 118 valence electrons. The molecule has 1 aliphatic carbocycles. The van der Waals surface area contributed by atoms with Gasteiger partial charge in [0.25, 0.3) is 0 Å². The number of hydrogen-bond acceptors (Lipinski definition) is 3. The van der Waals surface area contributed by atoms with Gasteiger partial charge in [0.1, 0.15) is 0 Å². The van der Waals surface area contributed by atoms with Crippen molar-refractivity contribution in [2.75, 3.05) is 20.8 Å². The molecule has 2 rings (SSSR count). The molecule has 0 aromatic heterocycles. The van der Waals surface area contributed by atoms with E-state index < -0.39 is 0 Å². The highest BCUT2D eigenvalue weighted by molar-refractivity contribution is 6.31. The molecular formula is C17H26ClNO2. The number of methoxy groups -OCH3 is 2. The van der Waals surface area contributed by atoms with Crippen molar-refractivity contribution in [1.82, 2.24) is 5.32 Å². The fourth-order valence-corrected chi connectivity index (χ4v) is 2.70. The first-order chi connectivity index (χ1) is 10.1. The van der Waals surface area contributed by atoms with Gasteiger partial charge in [-0.25, -0.2) is 0 Å². The Morgan fingerprint density at radius 3 is 2.48 bits per heavy atom. The number of aryl methyl sites for hydroxylation is 1. The molecule has 0 spiro atoms. The Hall–Kier alpha value is -0.930. The Labute approximate surface area is 133 Å². The van der Waals surface area contributed by atoms with Crippen molar-refractivity contribution in [3.05, 3.63) is 22.7 Å². The number of hydrogen-bond donors (Lipinski definition) is 1. The number of halogens is 1. The molecule has 4 heteroatoms. The van der Waals surface area contributed by atoms with Gasteiger partial charge in [0.2, 0.25) is 0 Å². The summed E-state index contributed by atoms with van der Waals surface area (Å²) in [6.45, 7) is 3.44. The van der Waals surface area contributed by atoms with Crippen LogP contribution in [0.15, 0.2) is 12.1 Å². The van der Waals surface area contributed by atoms with E-state index in [1.807, 2.05) is 12.1 Å². The van der Waals surface area contributed by atoms with Crippen molar-refractivity contribution in [1.29, 1.82) is 0 Å². The Kier molecular flexibility index (Phi) is 6.19. The molecule has 0 saturated heterocycles. The minimum atomic E-state index is 0.688. The SMILES string of the molecule is COc1cc(Cl)c(CCC(C)CCNC2CC2)cc1OC. The van der Waals surface area contributed by atoms with Gasteiger partial charge in [0.05, 0.1) is 14.2 Å². The highest BCUT2D eigenvalue weighted by Gasteiger charge is 2.20. The summed E-state index contributed by atoms with van der Waals surface area (Å²) in [4.78, 5) is 0. The lowest BCUT2D eigenvalue weighted by Crippen LogP contribution is -2.19. The summed E-state index contributed by atoms with van der Waals surface area (Å²) in [5, 5.41) is 4.33. The summed E-state index contributed by atoms with van der Waals surface area (Å²) in [6, 6.07) is 4.64. The quantitative estimate of drug-likeness (QED) is 0.746. The minimum Gasteiger partial charge on any atom is -0.493 e. The van der Waals surface area contributed by atoms with Crippen LogP contribution in [0.25, 0.3) is 0 Å². The van der Waals surface area contributed by atoms with E-state index in [1.165, 1.54) is 19.3 Å². The van der Waals surface area contributed by atoms with E-state index in [2.05, 4.69) is 12.2 Å². The van der Waals surface area contributed by atoms with Crippen LogP contribution in [-0.2, 0) is 6.42 Å². The molecular weight excluding hydrogens is 286 g/mol. The Morgan fingerprint density at radius 1 is 1.19 bits per heavy atom. The second kappa shape index (κ2) is 7.90. The smallest absolute Gasteiger partial charge is 0.162 e. The van der Waals surface area contributed by atoms with Crippen LogP contribution in [-0.4, -0.2) is 26.8 Å². The molecule has 1 N–H and O–H groups in total. The Bertz CT molecular complexity index is 460. The first-order valence-electron chi connectivity index (χ1n) is 7.77. The number of nitrogens with one attached hydrogen (secondary N) is 1. The summed E-state index contributed by atoms with van der Waals surface area (Å²) in [5.74, 6) is 2.13. The Morgan fingerprint density at radius 2 is 1.86 bits per heavy atom. The minimum absolute atomic E-state index is 0.688. The summed E-state index contributed by atoms with van der Waals surface area (Å²) in [5.41, 5.74) is 1.14. The third-order valence-corrected chi connectivity index (χ3v) is 4.46. The fraction of sp³-hybridized carbons (Fsp3) is 0.647. The maximum absolute atomic E-state index is 6.33. The lowest BCUT2D eigenvalue weighted by Gasteiger charge is -2.14. The van der Waals surface area contributed by atoms with Gasteiger partial charge in [0.15, 0.2) is 11.5 Å². The van der Waals surface area contributed by atoms with Crippen LogP contribution in [0.5, 0.6) is 11.5 Å². The van der Waals surface area contributed by atoms with Crippen LogP contribution >= 0.6 is 11.6 Å². The molecule has 0 heterocycles. The van der Waals surface area contributed by atoms with Crippen LogP contribution < -0.4 is 14.8 Å². The van der Waals surface area contributed by atoms with Crippen molar-refractivity contribution in [3.63, 3.8) is 0 Å². The van der Waals surface area contributed by atoms with E-state index in [4.69, 9.17) is 21.1 Å². The lowest BCUT2D eigenvalue weighted by molar-refractivity contribution is 0.354. The molecule has 1 unspecified atom stereocenters. The number of ether oxygens (including phenoxy) is 2. The van der Waals surface area contributed by atoms with Crippen molar-refractivity contribution in [2.24, 2.45) is 5.92 Å². The zero-order valence-corrected chi connectivity index (χ0v) is 14.0. The third-order valence-electron chi connectivity index (χ3n) is 4.11. The number of benzene rings is 1. The van der Waals surface area contributed by atoms with Crippen LogP contribution in [0, 0.1) is 5.92 Å². The maximum atomic E-state index is 6.33. The molecule has 0 aliphatic heterocycles. The first-order valence-corrected chi connectivity index (χ1v) is 8.15. The molecule has 1 aliphatic rings. The molecule has 0 bridgehead atoms. The molecule has 3 nitrogen and oxygen atoms in total. The highest BCUT2D eigenvalue weighted by Crippen LogP contribution is 2.34. The van der Waals surface area contributed by atoms with Gasteiger partial charge >= 0.3 is 0 Å². The van der Waals surface area contributed by atoms with E-state index in [9.17, 15) is 0 Å². The van der Waals surface area contributed by atoms with Gasteiger partial charge < -0.3 is 14.8 Å². The summed E-state index contributed by atoms with van der Waals surface area (Å²) >= 11 is 6.33. The van der Waals surface area contributed by atoms with Gasteiger partial charge in [-0.3, -0.25) is 0 Å². The molecule has 1 aromatic carbocycles. The zero-order valence-electron chi connectivity index (χ0n) is 13.2. The van der Waals surface area contributed by atoms with E-state index in [0.717, 1.165) is 41.8 Å². The predicted octanol–water partition coefficient (Wildman–Crippen LogP) is 4.07. The normalized spacial score (nSPS) is 15.8. The van der Waals surface area contributed by atoms with Gasteiger partial charge in [-0.1, -0.05) is 18.5 Å². The monoisotopic (exact) mass is 311 g/mol. The van der Waals surface area contributed by atoms with Gasteiger partial charge in [-0.05, 0) is 56.2 Å². The van der Waals surface area contributed by atoms with Crippen molar-refractivity contribution in [2.45, 2.75) is 45.1 Å². The molecule has 21 heavy (non-hydrogen) atoms. The van der Waals surface area contributed by atoms with Crippen molar-refractivity contribution >= 4 is 11.6 Å². The zero-order chi connectivity index (χ0) is 15.2. The second-order valence-electron chi connectivity index (χ2n) is 5.96. The molecule has 0 amide bonds. The summed E-state index contributed by atoms with van der Waals surface area (Å²) in [7, 11) is 3.28. The lowest BCUT2D eigenvalue weighted by atomic mass is 9.98. The molecule has 1 aromatic rings. The second-order valence-corrected chi connectivity index (χ2v) is 6.37. The highest BCUT2D eigenvalue weighted by atomic mass is 35.5. The predicted molar refractivity (Wildman–Crippen MR) is 87.7 cm³/mol. The summed E-state index contributed by atoms with van der Waals surface area (Å²) < 4.78 is 10.6. The average molecular weight is 312 g/mol. The third kappa shape index (κ3) is 5.08. The van der Waals surface area contributed by atoms with Gasteiger partial charge in [0, 0.05) is 17.1 Å². The van der Waals surface area contributed by atoms with Crippen LogP contribution in [0.1, 0.15) is 38.2 Å². The summed E-state index contributed by atoms with van der Waals surface area (Å²) in [6.07, 6.45) is 6.05. The van der Waals surface area contributed by atoms with Crippen LogP contribution in [0.4, 0.5) is 0 Å². The van der Waals surface area contributed by atoms with Crippen molar-refractivity contribution < 1.29 is 9.47 Å². The molecule has 1 fully saturated rings. The fourth-order valence-electron chi connectivity index (χ4n) is 2.46. The van der Waals surface area contributed by atoms with Gasteiger partial charge in [-0.2, -0.15) is 0 Å². The molecule has 0 radical (unpaired) electrons. The van der Waals surface area contributed by atoms with E-state index in [0.29, 0.717) is 11.7 Å². The standard InChI is InChI=1S/C17H26ClNO2/c1-12(8-9-19-14-6-7-14)4-5-13-10-16(20-2)17(21-3)11-15(13)18/h10-12,14,19H,4-9H2,1-3H3. The van der Waals surface area contributed by atoms with Crippen LogP contribution in [0.2, 0.25) is 5.02 Å². The maximum Gasteiger partial charge on any atom is 0.162 e. The largest absolute Gasteiger partial charge is 0.493 e. The van der Waals surface area contributed by atoms with Crippen LogP contribution in [0.3, 0.4) is 0 Å². The van der Waals surface area contributed by atoms with Gasteiger partial charge in [-0.15, -0.1) is 0 Å². The Balaban J connectivity index is 1.83. The van der Waals surface area contributed by atoms with E-state index >= 15 is 0 Å². The first kappa shape index (κ1) is 16.4.